The maximum absolute atomic E-state index is 12.7. The summed E-state index contributed by atoms with van der Waals surface area (Å²) in [6.07, 6.45) is 4.71. The van der Waals surface area contributed by atoms with Crippen molar-refractivity contribution in [3.63, 3.8) is 0 Å². The summed E-state index contributed by atoms with van der Waals surface area (Å²) >= 11 is 0. The number of aromatic nitrogens is 1. The molecule has 0 saturated carbocycles. The minimum atomic E-state index is -0.476. The molecule has 5 nitrogen and oxygen atoms in total. The average molecular weight is 333 g/mol. The topological polar surface area (TPSA) is 45.7 Å². The Morgan fingerprint density at radius 3 is 2.67 bits per heavy atom. The first kappa shape index (κ1) is 18.6. The van der Waals surface area contributed by atoms with Crippen LogP contribution in [-0.4, -0.2) is 41.2 Å². The molecule has 2 rings (SSSR count). The van der Waals surface area contributed by atoms with E-state index in [1.807, 2.05) is 37.9 Å². The molecule has 24 heavy (non-hydrogen) atoms. The molecule has 0 spiro atoms. The van der Waals surface area contributed by atoms with Crippen molar-refractivity contribution >= 4 is 11.9 Å². The van der Waals surface area contributed by atoms with Crippen LogP contribution in [0.2, 0.25) is 0 Å². The zero-order valence-corrected chi connectivity index (χ0v) is 15.7. The Labute approximate surface area is 146 Å². The molecule has 0 radical (unpaired) electrons. The molecule has 5 heteroatoms. The van der Waals surface area contributed by atoms with E-state index in [9.17, 15) is 4.79 Å². The van der Waals surface area contributed by atoms with Crippen molar-refractivity contribution in [2.45, 2.75) is 65.5 Å². The molecule has 1 fully saturated rings. The Balaban J connectivity index is 2.32. The lowest BCUT2D eigenvalue weighted by Crippen LogP contribution is -2.42. The molecule has 0 aliphatic carbocycles. The molecule has 1 aromatic rings. The van der Waals surface area contributed by atoms with Crippen LogP contribution in [0.1, 0.15) is 65.5 Å². The lowest BCUT2D eigenvalue weighted by atomic mass is 9.95. The van der Waals surface area contributed by atoms with Gasteiger partial charge >= 0.3 is 6.09 Å². The number of amides is 1. The van der Waals surface area contributed by atoms with E-state index in [4.69, 9.17) is 4.74 Å². The first-order valence-electron chi connectivity index (χ1n) is 9.06. The molecule has 1 aliphatic rings. The quantitative estimate of drug-likeness (QED) is 0.820. The molecular weight excluding hydrogens is 302 g/mol. The zero-order valence-electron chi connectivity index (χ0n) is 15.7. The molecule has 0 bridgehead atoms. The van der Waals surface area contributed by atoms with Crippen LogP contribution in [0.4, 0.5) is 10.6 Å². The number of hydrogen-bond acceptors (Lipinski definition) is 4. The Bertz CT molecular complexity index is 550. The highest BCUT2D eigenvalue weighted by molar-refractivity contribution is 5.69. The van der Waals surface area contributed by atoms with Crippen LogP contribution < -0.4 is 4.90 Å². The number of likely N-dealkylation sites (tertiary alicyclic amines) is 1. The van der Waals surface area contributed by atoms with Crippen LogP contribution in [0.5, 0.6) is 0 Å². The molecule has 1 unspecified atom stereocenters. The molecule has 0 aromatic carbocycles. The maximum Gasteiger partial charge on any atom is 0.410 e. The molecule has 1 aliphatic heterocycles. The van der Waals surface area contributed by atoms with Gasteiger partial charge in [-0.25, -0.2) is 9.78 Å². The van der Waals surface area contributed by atoms with Crippen LogP contribution in [0.25, 0.3) is 0 Å². The van der Waals surface area contributed by atoms with Gasteiger partial charge in [0.1, 0.15) is 11.4 Å². The van der Waals surface area contributed by atoms with Crippen LogP contribution in [0.15, 0.2) is 18.3 Å². The van der Waals surface area contributed by atoms with Crippen molar-refractivity contribution < 1.29 is 9.53 Å². The number of anilines is 1. The summed E-state index contributed by atoms with van der Waals surface area (Å²) < 4.78 is 5.63. The molecule has 0 N–H and O–H groups in total. The van der Waals surface area contributed by atoms with Gasteiger partial charge in [-0.15, -0.1) is 0 Å². The molecule has 134 valence electrons. The second kappa shape index (κ2) is 7.86. The van der Waals surface area contributed by atoms with E-state index < -0.39 is 5.60 Å². The van der Waals surface area contributed by atoms with E-state index in [0.717, 1.165) is 50.3 Å². The van der Waals surface area contributed by atoms with E-state index in [1.165, 1.54) is 0 Å². The highest BCUT2D eigenvalue weighted by atomic mass is 16.6. The van der Waals surface area contributed by atoms with E-state index in [2.05, 4.69) is 29.8 Å². The molecule has 1 saturated heterocycles. The second-order valence-electron chi connectivity index (χ2n) is 7.27. The number of rotatable bonds is 4. The van der Waals surface area contributed by atoms with E-state index in [0.29, 0.717) is 0 Å². The highest BCUT2D eigenvalue weighted by Crippen LogP contribution is 2.36. The van der Waals surface area contributed by atoms with E-state index >= 15 is 0 Å². The molecule has 1 amide bonds. The number of carbonyl (C=O) groups excluding carboxylic acids is 1. The third-order valence-electron chi connectivity index (χ3n) is 4.37. The largest absolute Gasteiger partial charge is 0.444 e. The molecule has 1 aromatic heterocycles. The monoisotopic (exact) mass is 333 g/mol. The summed E-state index contributed by atoms with van der Waals surface area (Å²) in [5.74, 6) is 0.989. The second-order valence-corrected chi connectivity index (χ2v) is 7.27. The Hall–Kier alpha value is -1.78. The summed E-state index contributed by atoms with van der Waals surface area (Å²) in [4.78, 5) is 21.4. The van der Waals surface area contributed by atoms with Gasteiger partial charge in [0.2, 0.25) is 0 Å². The minimum absolute atomic E-state index is 0.0397. The number of piperidine rings is 1. The normalized spacial score (nSPS) is 18.4. The van der Waals surface area contributed by atoms with Gasteiger partial charge in [-0.1, -0.05) is 6.07 Å². The predicted octanol–water partition coefficient (Wildman–Crippen LogP) is 4.39. The molecule has 1 atom stereocenters. The Morgan fingerprint density at radius 1 is 1.33 bits per heavy atom. The number of hydrogen-bond donors (Lipinski definition) is 0. The number of nitrogens with zero attached hydrogens (tertiary/aromatic N) is 3. The van der Waals surface area contributed by atoms with Gasteiger partial charge in [0.15, 0.2) is 0 Å². The fourth-order valence-corrected chi connectivity index (χ4v) is 3.25. The lowest BCUT2D eigenvalue weighted by Gasteiger charge is -2.38. The predicted molar refractivity (Wildman–Crippen MR) is 97.3 cm³/mol. The minimum Gasteiger partial charge on any atom is -0.444 e. The van der Waals surface area contributed by atoms with Gasteiger partial charge in [0.25, 0.3) is 0 Å². The third-order valence-corrected chi connectivity index (χ3v) is 4.37. The molecular formula is C19H31N3O2. The average Bonchev–Trinajstić information content (AvgIpc) is 2.55. The van der Waals surface area contributed by atoms with Crippen LogP contribution in [-0.2, 0) is 4.74 Å². The zero-order chi connectivity index (χ0) is 17.7. The summed E-state index contributed by atoms with van der Waals surface area (Å²) in [5, 5.41) is 0. The molecule has 2 heterocycles. The van der Waals surface area contributed by atoms with Crippen molar-refractivity contribution in [2.24, 2.45) is 0 Å². The number of carbonyl (C=O) groups is 1. The van der Waals surface area contributed by atoms with Gasteiger partial charge in [-0.05, 0) is 59.9 Å². The van der Waals surface area contributed by atoms with E-state index in [-0.39, 0.29) is 12.1 Å². The van der Waals surface area contributed by atoms with Gasteiger partial charge in [-0.3, -0.25) is 0 Å². The highest BCUT2D eigenvalue weighted by Gasteiger charge is 2.33. The van der Waals surface area contributed by atoms with Crippen molar-refractivity contribution in [3.8, 4) is 0 Å². The van der Waals surface area contributed by atoms with Crippen molar-refractivity contribution in [3.05, 3.63) is 23.9 Å². The van der Waals surface area contributed by atoms with Gasteiger partial charge in [0, 0.05) is 31.4 Å². The van der Waals surface area contributed by atoms with Crippen LogP contribution in [0.3, 0.4) is 0 Å². The first-order valence-corrected chi connectivity index (χ1v) is 9.06. The maximum atomic E-state index is 12.7. The number of ether oxygens (including phenoxy) is 1. The Kier molecular flexibility index (Phi) is 6.08. The fraction of sp³-hybridized carbons (Fsp3) is 0.684. The fourth-order valence-electron chi connectivity index (χ4n) is 3.25. The van der Waals surface area contributed by atoms with Crippen molar-refractivity contribution in [1.29, 1.82) is 0 Å². The Morgan fingerprint density at radius 2 is 2.04 bits per heavy atom. The van der Waals surface area contributed by atoms with Gasteiger partial charge < -0.3 is 14.5 Å². The van der Waals surface area contributed by atoms with Gasteiger partial charge in [0.05, 0.1) is 6.04 Å². The van der Waals surface area contributed by atoms with Crippen LogP contribution >= 0.6 is 0 Å². The summed E-state index contributed by atoms with van der Waals surface area (Å²) in [6, 6.07) is 4.11. The standard InChI is InChI=1S/C19H31N3O2/c1-6-21(7-2)17-15(11-10-13-20-17)16-12-8-9-14-22(16)18(23)24-19(3,4)5/h10-11,13,16H,6-9,12,14H2,1-5H3. The number of pyridine rings is 1. The van der Waals surface area contributed by atoms with Crippen molar-refractivity contribution in [2.75, 3.05) is 24.5 Å². The summed E-state index contributed by atoms with van der Waals surface area (Å²) in [7, 11) is 0. The summed E-state index contributed by atoms with van der Waals surface area (Å²) in [6.45, 7) is 12.5. The van der Waals surface area contributed by atoms with Gasteiger partial charge in [-0.2, -0.15) is 0 Å². The third kappa shape index (κ3) is 4.40. The van der Waals surface area contributed by atoms with Crippen molar-refractivity contribution in [1.82, 2.24) is 9.88 Å². The first-order chi connectivity index (χ1) is 11.4. The SMILES string of the molecule is CCN(CC)c1ncccc1C1CCCCN1C(=O)OC(C)(C)C. The summed E-state index contributed by atoms with van der Waals surface area (Å²) in [5.41, 5.74) is 0.655. The lowest BCUT2D eigenvalue weighted by molar-refractivity contribution is 0.00954. The van der Waals surface area contributed by atoms with E-state index in [1.54, 1.807) is 0 Å². The smallest absolute Gasteiger partial charge is 0.410 e. The van der Waals surface area contributed by atoms with Crippen LogP contribution in [0, 0.1) is 0 Å².